The summed E-state index contributed by atoms with van der Waals surface area (Å²) in [4.78, 5) is 24.8. The number of anilines is 1. The Morgan fingerprint density at radius 2 is 2.24 bits per heavy atom. The Morgan fingerprint density at radius 3 is 3.00 bits per heavy atom. The maximum Gasteiger partial charge on any atom is 0.414 e. The number of rotatable bonds is 6. The van der Waals surface area contributed by atoms with Crippen molar-refractivity contribution in [2.75, 3.05) is 18.0 Å². The minimum Gasteiger partial charge on any atom is -0.442 e. The molecule has 0 spiro atoms. The molecule has 1 N–H and O–H groups in total. The molecular weight excluding hydrogens is 381 g/mol. The maximum atomic E-state index is 14.7. The Bertz CT molecular complexity index is 1030. The first-order valence-electron chi connectivity index (χ1n) is 8.91. The summed E-state index contributed by atoms with van der Waals surface area (Å²) >= 11 is 0. The van der Waals surface area contributed by atoms with Crippen molar-refractivity contribution < 1.29 is 18.7 Å². The van der Waals surface area contributed by atoms with E-state index in [1.165, 1.54) is 28.6 Å². The van der Waals surface area contributed by atoms with Crippen molar-refractivity contribution in [3.63, 3.8) is 0 Å². The average molecular weight is 399 g/mol. The fraction of sp³-hybridized carbons (Fsp3) is 0.278. The van der Waals surface area contributed by atoms with Crippen LogP contribution in [-0.4, -0.2) is 56.0 Å². The van der Waals surface area contributed by atoms with Gasteiger partial charge in [-0.05, 0) is 18.2 Å². The third-order valence-corrected chi connectivity index (χ3v) is 4.36. The van der Waals surface area contributed by atoms with E-state index < -0.39 is 18.0 Å². The molecule has 29 heavy (non-hydrogen) atoms. The van der Waals surface area contributed by atoms with E-state index in [1.807, 2.05) is 0 Å². The first kappa shape index (κ1) is 18.6. The van der Waals surface area contributed by atoms with Crippen LogP contribution in [0.5, 0.6) is 0 Å². The second-order valence-corrected chi connectivity index (χ2v) is 6.52. The Hall–Kier alpha value is -3.76. The van der Waals surface area contributed by atoms with E-state index in [9.17, 15) is 14.0 Å². The van der Waals surface area contributed by atoms with E-state index in [0.29, 0.717) is 17.9 Å². The Labute approximate surface area is 164 Å². The molecule has 3 heterocycles. The van der Waals surface area contributed by atoms with E-state index >= 15 is 0 Å². The van der Waals surface area contributed by atoms with E-state index in [0.717, 1.165) is 0 Å². The van der Waals surface area contributed by atoms with Gasteiger partial charge < -0.3 is 10.1 Å². The minimum absolute atomic E-state index is 0.0869. The van der Waals surface area contributed by atoms with E-state index in [1.54, 1.807) is 35.4 Å². The lowest BCUT2D eigenvalue weighted by atomic mass is 10.2. The van der Waals surface area contributed by atoms with Crippen LogP contribution < -0.4 is 10.2 Å². The van der Waals surface area contributed by atoms with Gasteiger partial charge in [-0.2, -0.15) is 5.10 Å². The molecule has 1 aromatic carbocycles. The molecule has 10 nitrogen and oxygen atoms in total. The second kappa shape index (κ2) is 7.70. The van der Waals surface area contributed by atoms with Crippen molar-refractivity contribution >= 4 is 17.7 Å². The van der Waals surface area contributed by atoms with Gasteiger partial charge in [-0.3, -0.25) is 14.4 Å². The number of nitrogens with one attached hydrogen (secondary N) is 1. The molecule has 1 fully saturated rings. The predicted octanol–water partition coefficient (Wildman–Crippen LogP) is 1.11. The van der Waals surface area contributed by atoms with Crippen molar-refractivity contribution in [1.82, 2.24) is 30.1 Å². The summed E-state index contributed by atoms with van der Waals surface area (Å²) in [5, 5.41) is 14.8. The van der Waals surface area contributed by atoms with Gasteiger partial charge in [0.05, 0.1) is 31.5 Å². The van der Waals surface area contributed by atoms with Gasteiger partial charge in [0.15, 0.2) is 5.82 Å². The number of hydrogen-bond acceptors (Lipinski definition) is 6. The molecular formula is C18H18FN7O3. The zero-order valence-corrected chi connectivity index (χ0v) is 15.5. The lowest BCUT2D eigenvalue weighted by Gasteiger charge is -2.17. The van der Waals surface area contributed by atoms with Crippen LogP contribution in [-0.2, 0) is 16.1 Å². The zero-order chi connectivity index (χ0) is 20.4. The first-order chi connectivity index (χ1) is 14.0. The molecule has 0 radical (unpaired) electrons. The summed E-state index contributed by atoms with van der Waals surface area (Å²) in [6.45, 7) is 2.11. The third-order valence-electron chi connectivity index (χ3n) is 4.36. The molecule has 0 aliphatic carbocycles. The van der Waals surface area contributed by atoms with Crippen LogP contribution in [0.2, 0.25) is 0 Å². The summed E-state index contributed by atoms with van der Waals surface area (Å²) in [5.74, 6) is -0.783. The Morgan fingerprint density at radius 1 is 1.38 bits per heavy atom. The number of aromatic nitrogens is 5. The van der Waals surface area contributed by atoms with Gasteiger partial charge in [-0.1, -0.05) is 11.3 Å². The highest BCUT2D eigenvalue weighted by molar-refractivity contribution is 5.92. The molecule has 150 valence electrons. The molecule has 4 rings (SSSR count). The van der Waals surface area contributed by atoms with Crippen LogP contribution in [0, 0.1) is 5.82 Å². The smallest absolute Gasteiger partial charge is 0.414 e. The standard InChI is InChI=1S/C18H18FN7O3/c1-12(27)20-8-14-11-25(18(28)29-14)16-5-2-4-15(19)17(16)26-10-13(22-23-26)9-24-7-3-6-21-24/h2-7,10,14H,8-9,11H2,1H3,(H,20,27). The molecule has 3 aromatic rings. The van der Waals surface area contributed by atoms with Gasteiger partial charge >= 0.3 is 6.09 Å². The fourth-order valence-corrected chi connectivity index (χ4v) is 3.07. The number of nitrogens with zero attached hydrogens (tertiary/aromatic N) is 6. The van der Waals surface area contributed by atoms with Crippen LogP contribution in [0.3, 0.4) is 0 Å². The van der Waals surface area contributed by atoms with Crippen molar-refractivity contribution in [3.8, 4) is 5.69 Å². The van der Waals surface area contributed by atoms with Crippen LogP contribution in [0.1, 0.15) is 12.6 Å². The fourth-order valence-electron chi connectivity index (χ4n) is 3.07. The highest BCUT2D eigenvalue weighted by Crippen LogP contribution is 2.30. The summed E-state index contributed by atoms with van der Waals surface area (Å²) in [5.41, 5.74) is 0.968. The second-order valence-electron chi connectivity index (χ2n) is 6.52. The molecule has 2 amide bonds. The summed E-state index contributed by atoms with van der Waals surface area (Å²) in [6.07, 6.45) is 3.86. The largest absolute Gasteiger partial charge is 0.442 e. The van der Waals surface area contributed by atoms with Gasteiger partial charge in [-0.25, -0.2) is 13.9 Å². The van der Waals surface area contributed by atoms with Crippen LogP contribution in [0.15, 0.2) is 42.9 Å². The number of carbonyl (C=O) groups is 2. The Balaban J connectivity index is 1.60. The normalized spacial score (nSPS) is 16.1. The maximum absolute atomic E-state index is 14.7. The number of benzene rings is 1. The molecule has 1 unspecified atom stereocenters. The monoisotopic (exact) mass is 399 g/mol. The number of amides is 2. The van der Waals surface area contributed by atoms with Crippen molar-refractivity contribution in [2.45, 2.75) is 19.6 Å². The first-order valence-corrected chi connectivity index (χ1v) is 8.91. The predicted molar refractivity (Wildman–Crippen MR) is 98.9 cm³/mol. The summed E-state index contributed by atoms with van der Waals surface area (Å²) < 4.78 is 22.9. The number of ether oxygens (including phenoxy) is 1. The van der Waals surface area contributed by atoms with Crippen LogP contribution in [0.4, 0.5) is 14.9 Å². The van der Waals surface area contributed by atoms with Crippen molar-refractivity contribution in [2.24, 2.45) is 0 Å². The summed E-state index contributed by atoms with van der Waals surface area (Å²) in [7, 11) is 0. The quantitative estimate of drug-likeness (QED) is 0.666. The van der Waals surface area contributed by atoms with Crippen molar-refractivity contribution in [3.05, 3.63) is 54.4 Å². The summed E-state index contributed by atoms with van der Waals surface area (Å²) in [6, 6.07) is 6.18. The SMILES string of the molecule is CC(=O)NCC1CN(c2cccc(F)c2-n2cc(Cn3cccn3)nn2)C(=O)O1. The van der Waals surface area contributed by atoms with E-state index in [2.05, 4.69) is 20.7 Å². The van der Waals surface area contributed by atoms with Gasteiger partial charge in [0.2, 0.25) is 5.91 Å². The van der Waals surface area contributed by atoms with Gasteiger partial charge in [-0.15, -0.1) is 5.10 Å². The van der Waals surface area contributed by atoms with Gasteiger partial charge in [0.25, 0.3) is 0 Å². The van der Waals surface area contributed by atoms with Crippen LogP contribution in [0.25, 0.3) is 5.69 Å². The highest BCUT2D eigenvalue weighted by atomic mass is 19.1. The number of carbonyl (C=O) groups excluding carboxylic acids is 2. The molecule has 1 atom stereocenters. The molecule has 1 saturated heterocycles. The highest BCUT2D eigenvalue weighted by Gasteiger charge is 2.34. The number of para-hydroxylation sites is 1. The van der Waals surface area contributed by atoms with Crippen molar-refractivity contribution in [1.29, 1.82) is 0 Å². The average Bonchev–Trinajstić information content (AvgIpc) is 3.42. The topological polar surface area (TPSA) is 107 Å². The lowest BCUT2D eigenvalue weighted by Crippen LogP contribution is -2.33. The molecule has 0 bridgehead atoms. The minimum atomic E-state index is -0.621. The number of cyclic esters (lactones) is 1. The zero-order valence-electron chi connectivity index (χ0n) is 15.5. The number of hydrogen-bond donors (Lipinski definition) is 1. The number of halogens is 1. The van der Waals surface area contributed by atoms with Gasteiger partial charge in [0, 0.05) is 19.3 Å². The Kier molecular flexibility index (Phi) is 4.94. The third kappa shape index (κ3) is 3.93. The molecule has 2 aromatic heterocycles. The molecule has 1 aliphatic heterocycles. The lowest BCUT2D eigenvalue weighted by molar-refractivity contribution is -0.119. The van der Waals surface area contributed by atoms with Gasteiger partial charge in [0.1, 0.15) is 17.5 Å². The van der Waals surface area contributed by atoms with E-state index in [-0.39, 0.29) is 24.7 Å². The van der Waals surface area contributed by atoms with Crippen LogP contribution >= 0.6 is 0 Å². The molecule has 1 aliphatic rings. The molecule has 0 saturated carbocycles. The van der Waals surface area contributed by atoms with E-state index in [4.69, 9.17) is 4.74 Å². The molecule has 11 heteroatoms.